The highest BCUT2D eigenvalue weighted by Gasteiger charge is 2.29. The first-order valence-corrected chi connectivity index (χ1v) is 10.8. The molecule has 2 aromatic rings. The molecule has 1 fully saturated rings. The lowest BCUT2D eigenvalue weighted by molar-refractivity contribution is 0.174. The molecule has 1 saturated heterocycles. The Morgan fingerprint density at radius 2 is 1.92 bits per heavy atom. The number of fused-ring (bicyclic) bond motifs is 1. The van der Waals surface area contributed by atoms with Gasteiger partial charge < -0.3 is 9.47 Å². The van der Waals surface area contributed by atoms with Crippen LogP contribution >= 0.6 is 11.8 Å². The summed E-state index contributed by atoms with van der Waals surface area (Å²) in [5.41, 5.74) is 1.10. The fourth-order valence-corrected chi connectivity index (χ4v) is 5.97. The number of benzene rings is 2. The molecule has 2 aromatic carbocycles. The van der Waals surface area contributed by atoms with Gasteiger partial charge in [0.15, 0.2) is 11.5 Å². The fourth-order valence-electron chi connectivity index (χ4n) is 3.15. The van der Waals surface area contributed by atoms with E-state index in [1.807, 2.05) is 18.2 Å². The molecule has 0 saturated carbocycles. The molecule has 2 aliphatic heterocycles. The van der Waals surface area contributed by atoms with Crippen LogP contribution in [0.15, 0.2) is 47.4 Å². The minimum atomic E-state index is -3.69. The van der Waals surface area contributed by atoms with Crippen molar-refractivity contribution in [1.82, 2.24) is 4.31 Å². The van der Waals surface area contributed by atoms with Crippen molar-refractivity contribution in [2.75, 3.05) is 25.6 Å². The third-order valence-electron chi connectivity index (χ3n) is 4.50. The summed E-state index contributed by atoms with van der Waals surface area (Å²) < 4.78 is 51.2. The summed E-state index contributed by atoms with van der Waals surface area (Å²) >= 11 is 1.72. The van der Waals surface area contributed by atoms with E-state index in [1.165, 1.54) is 22.5 Å². The van der Waals surface area contributed by atoms with Crippen molar-refractivity contribution in [2.24, 2.45) is 0 Å². The van der Waals surface area contributed by atoms with Gasteiger partial charge in [-0.05, 0) is 42.3 Å². The smallest absolute Gasteiger partial charge is 0.243 e. The quantitative estimate of drug-likeness (QED) is 0.797. The number of halogens is 1. The number of thioether (sulfide) groups is 1. The van der Waals surface area contributed by atoms with E-state index in [4.69, 9.17) is 9.47 Å². The van der Waals surface area contributed by atoms with E-state index >= 15 is 0 Å². The zero-order chi connectivity index (χ0) is 18.1. The van der Waals surface area contributed by atoms with Gasteiger partial charge in [-0.1, -0.05) is 12.1 Å². The highest BCUT2D eigenvalue weighted by Crippen LogP contribution is 2.40. The minimum absolute atomic E-state index is 0.00373. The largest absolute Gasteiger partial charge is 0.454 e. The summed E-state index contributed by atoms with van der Waals surface area (Å²) in [5.74, 6) is 1.60. The van der Waals surface area contributed by atoms with Crippen molar-refractivity contribution in [1.29, 1.82) is 0 Å². The van der Waals surface area contributed by atoms with Crippen molar-refractivity contribution < 1.29 is 22.3 Å². The van der Waals surface area contributed by atoms with Crippen molar-refractivity contribution in [3.63, 3.8) is 0 Å². The summed E-state index contributed by atoms with van der Waals surface area (Å²) in [5, 5.41) is 0.178. The van der Waals surface area contributed by atoms with Crippen LogP contribution in [-0.2, 0) is 10.0 Å². The average Bonchev–Trinajstić information content (AvgIpc) is 2.95. The van der Waals surface area contributed by atoms with Gasteiger partial charge in [-0.15, -0.1) is 0 Å². The van der Waals surface area contributed by atoms with Crippen molar-refractivity contribution in [3.8, 4) is 11.5 Å². The third kappa shape index (κ3) is 3.41. The van der Waals surface area contributed by atoms with E-state index in [1.54, 1.807) is 11.8 Å². The lowest BCUT2D eigenvalue weighted by atomic mass is 10.1. The Morgan fingerprint density at radius 1 is 1.08 bits per heavy atom. The molecule has 26 heavy (non-hydrogen) atoms. The Bertz CT molecular complexity index is 919. The molecule has 8 heteroatoms. The molecule has 0 spiro atoms. The molecule has 5 nitrogen and oxygen atoms in total. The second-order valence-corrected chi connectivity index (χ2v) is 9.37. The van der Waals surface area contributed by atoms with Crippen LogP contribution in [0.4, 0.5) is 4.39 Å². The van der Waals surface area contributed by atoms with Crippen LogP contribution in [-0.4, -0.2) is 38.4 Å². The molecule has 1 atom stereocenters. The Balaban J connectivity index is 1.51. The van der Waals surface area contributed by atoms with Gasteiger partial charge in [0, 0.05) is 24.1 Å². The predicted molar refractivity (Wildman–Crippen MR) is 97.5 cm³/mol. The van der Waals surface area contributed by atoms with Gasteiger partial charge in [-0.3, -0.25) is 0 Å². The van der Waals surface area contributed by atoms with Gasteiger partial charge in [-0.2, -0.15) is 16.1 Å². The van der Waals surface area contributed by atoms with Gasteiger partial charge in [0.05, 0.1) is 4.90 Å². The number of hydrogen-bond donors (Lipinski definition) is 0. The normalized spacial score (nSPS) is 20.7. The zero-order valence-electron chi connectivity index (χ0n) is 13.9. The van der Waals surface area contributed by atoms with Crippen LogP contribution in [0.2, 0.25) is 0 Å². The maximum absolute atomic E-state index is 13.4. The summed E-state index contributed by atoms with van der Waals surface area (Å²) in [7, 11) is -3.69. The maximum Gasteiger partial charge on any atom is 0.243 e. The lowest BCUT2D eigenvalue weighted by Crippen LogP contribution is -2.33. The summed E-state index contributed by atoms with van der Waals surface area (Å²) in [6, 6.07) is 11.0. The molecular weight excluding hydrogens is 377 g/mol. The number of ether oxygens (including phenoxy) is 2. The van der Waals surface area contributed by atoms with E-state index in [-0.39, 0.29) is 16.9 Å². The molecule has 0 radical (unpaired) electrons. The number of hydrogen-bond acceptors (Lipinski definition) is 5. The first-order chi connectivity index (χ1) is 12.5. The van der Waals surface area contributed by atoms with E-state index in [2.05, 4.69) is 0 Å². The molecule has 0 amide bonds. The Labute approximate surface area is 156 Å². The Morgan fingerprint density at radius 3 is 2.77 bits per heavy atom. The molecule has 0 bridgehead atoms. The van der Waals surface area contributed by atoms with Gasteiger partial charge >= 0.3 is 0 Å². The SMILES string of the molecule is O=S(=O)(c1cccc(F)c1)N1CCSC(c2ccc3c(c2)OCO3)CC1. The van der Waals surface area contributed by atoms with Crippen LogP contribution in [0.5, 0.6) is 11.5 Å². The van der Waals surface area contributed by atoms with Crippen molar-refractivity contribution in [3.05, 3.63) is 53.8 Å². The van der Waals surface area contributed by atoms with Crippen molar-refractivity contribution >= 4 is 21.8 Å². The Kier molecular flexibility index (Phi) is 4.81. The second kappa shape index (κ2) is 7.09. The molecule has 2 aliphatic rings. The summed E-state index contributed by atoms with van der Waals surface area (Å²) in [6.07, 6.45) is 0.679. The van der Waals surface area contributed by atoms with E-state index in [0.29, 0.717) is 25.3 Å². The maximum atomic E-state index is 13.4. The first kappa shape index (κ1) is 17.6. The highest BCUT2D eigenvalue weighted by molar-refractivity contribution is 7.99. The third-order valence-corrected chi connectivity index (χ3v) is 7.73. The van der Waals surface area contributed by atoms with Crippen LogP contribution in [0, 0.1) is 5.82 Å². The number of nitrogens with zero attached hydrogens (tertiary/aromatic N) is 1. The monoisotopic (exact) mass is 395 g/mol. The number of sulfonamides is 1. The zero-order valence-corrected chi connectivity index (χ0v) is 15.6. The van der Waals surface area contributed by atoms with E-state index in [9.17, 15) is 12.8 Å². The molecular formula is C18H18FNO4S2. The summed E-state index contributed by atoms with van der Waals surface area (Å²) in [6.45, 7) is 1.03. The fraction of sp³-hybridized carbons (Fsp3) is 0.333. The number of rotatable bonds is 3. The first-order valence-electron chi connectivity index (χ1n) is 8.31. The van der Waals surface area contributed by atoms with Crippen LogP contribution in [0.1, 0.15) is 17.2 Å². The molecule has 0 N–H and O–H groups in total. The molecule has 0 aliphatic carbocycles. The Hall–Kier alpha value is -1.77. The van der Waals surface area contributed by atoms with Crippen molar-refractivity contribution in [2.45, 2.75) is 16.6 Å². The van der Waals surface area contributed by atoms with Crippen LogP contribution in [0.25, 0.3) is 0 Å². The molecule has 138 valence electrons. The van der Waals surface area contributed by atoms with E-state index in [0.717, 1.165) is 23.1 Å². The van der Waals surface area contributed by atoms with Gasteiger partial charge in [0.25, 0.3) is 0 Å². The molecule has 4 rings (SSSR count). The second-order valence-electron chi connectivity index (χ2n) is 6.12. The standard InChI is InChI=1S/C18H18FNO4S2/c19-14-2-1-3-15(11-14)26(21,22)20-7-6-18(25-9-8-20)13-4-5-16-17(10-13)24-12-23-16/h1-5,10-11,18H,6-9,12H2. The summed E-state index contributed by atoms with van der Waals surface area (Å²) in [4.78, 5) is 0.00373. The average molecular weight is 395 g/mol. The van der Waals surface area contributed by atoms with Crippen LogP contribution in [0.3, 0.4) is 0 Å². The highest BCUT2D eigenvalue weighted by atomic mass is 32.2. The topological polar surface area (TPSA) is 55.8 Å². The van der Waals surface area contributed by atoms with Crippen LogP contribution < -0.4 is 9.47 Å². The van der Waals surface area contributed by atoms with E-state index < -0.39 is 15.8 Å². The van der Waals surface area contributed by atoms with Gasteiger partial charge in [-0.25, -0.2) is 12.8 Å². The molecule has 0 aromatic heterocycles. The molecule has 1 unspecified atom stereocenters. The van der Waals surface area contributed by atoms with Gasteiger partial charge in [0.2, 0.25) is 16.8 Å². The minimum Gasteiger partial charge on any atom is -0.454 e. The lowest BCUT2D eigenvalue weighted by Gasteiger charge is -2.20. The predicted octanol–water partition coefficient (Wildman–Crippen LogP) is 3.42. The van der Waals surface area contributed by atoms with Gasteiger partial charge in [0.1, 0.15) is 5.82 Å². The molecule has 2 heterocycles.